The largest absolute Gasteiger partial charge is 0.416 e. The van der Waals surface area contributed by atoms with Crippen molar-refractivity contribution < 1.29 is 35.9 Å². The van der Waals surface area contributed by atoms with Crippen LogP contribution in [0.4, 0.5) is 26.3 Å². The Labute approximate surface area is 196 Å². The van der Waals surface area contributed by atoms with E-state index in [-0.39, 0.29) is 23.6 Å². The van der Waals surface area contributed by atoms with E-state index in [1.807, 2.05) is 20.8 Å². The number of alkyl halides is 6. The topological polar surface area (TPSA) is 50.4 Å². The Hall–Kier alpha value is -1.81. The zero-order valence-electron chi connectivity index (χ0n) is 19.8. The molecular weight excluding hydrogens is 462 g/mol. The molecule has 1 aromatic rings. The molecule has 1 atom stereocenters. The molecule has 10 heteroatoms. The van der Waals surface area contributed by atoms with Crippen LogP contribution < -0.4 is 10.6 Å². The second-order valence-corrected chi connectivity index (χ2v) is 9.08. The first kappa shape index (κ1) is 28.4. The van der Waals surface area contributed by atoms with Crippen molar-refractivity contribution in [1.82, 2.24) is 10.6 Å². The van der Waals surface area contributed by atoms with Crippen molar-refractivity contribution in [2.75, 3.05) is 13.2 Å². The summed E-state index contributed by atoms with van der Waals surface area (Å²) in [5, 5.41) is 6.15. The summed E-state index contributed by atoms with van der Waals surface area (Å²) in [4.78, 5) is 13.1. The average molecular weight is 497 g/mol. The van der Waals surface area contributed by atoms with Gasteiger partial charge >= 0.3 is 12.4 Å². The van der Waals surface area contributed by atoms with Gasteiger partial charge in [-0.05, 0) is 69.2 Å². The molecule has 0 aromatic heterocycles. The van der Waals surface area contributed by atoms with Gasteiger partial charge in [0, 0.05) is 37.3 Å². The highest BCUT2D eigenvalue weighted by molar-refractivity contribution is 5.82. The number of hydrogen-bond acceptors (Lipinski definition) is 3. The summed E-state index contributed by atoms with van der Waals surface area (Å²) < 4.78 is 84.0. The van der Waals surface area contributed by atoms with E-state index in [9.17, 15) is 31.1 Å². The number of benzene rings is 1. The first-order chi connectivity index (χ1) is 15.8. The molecule has 1 aliphatic heterocycles. The van der Waals surface area contributed by atoms with Crippen LogP contribution in [0.5, 0.6) is 0 Å². The van der Waals surface area contributed by atoms with E-state index in [2.05, 4.69) is 10.6 Å². The van der Waals surface area contributed by atoms with E-state index >= 15 is 0 Å². The van der Waals surface area contributed by atoms with Crippen molar-refractivity contribution in [2.24, 2.45) is 5.41 Å². The predicted molar refractivity (Wildman–Crippen MR) is 117 cm³/mol. The summed E-state index contributed by atoms with van der Waals surface area (Å²) >= 11 is 0. The molecule has 34 heavy (non-hydrogen) atoms. The van der Waals surface area contributed by atoms with Gasteiger partial charge in [0.05, 0.1) is 11.1 Å². The van der Waals surface area contributed by atoms with Gasteiger partial charge in [0.25, 0.3) is 0 Å². The smallest absolute Gasteiger partial charge is 0.381 e. The molecule has 0 bridgehead atoms. The Balaban J connectivity index is 2.07. The standard InChI is InChI=1S/C24H34F6N2O2/c1-4-22(5-2,9-6-16(3)32-20-7-10-34-11-8-20)21(33)31-15-17-12-18(23(25,26)27)14-19(13-17)24(28,29)30/h12-14,16,20,32H,4-11,15H2,1-3H3,(H,31,33). The highest BCUT2D eigenvalue weighted by Crippen LogP contribution is 2.37. The highest BCUT2D eigenvalue weighted by atomic mass is 19.4. The fourth-order valence-corrected chi connectivity index (χ4v) is 4.37. The van der Waals surface area contributed by atoms with Crippen molar-refractivity contribution in [1.29, 1.82) is 0 Å². The van der Waals surface area contributed by atoms with Gasteiger partial charge in [0.15, 0.2) is 0 Å². The molecule has 1 aromatic carbocycles. The van der Waals surface area contributed by atoms with Gasteiger partial charge < -0.3 is 15.4 Å². The Bertz CT molecular complexity index is 767. The second kappa shape index (κ2) is 11.7. The lowest BCUT2D eigenvalue weighted by molar-refractivity contribution is -0.143. The van der Waals surface area contributed by atoms with Gasteiger partial charge in [0.2, 0.25) is 5.91 Å². The van der Waals surface area contributed by atoms with Gasteiger partial charge in [-0.3, -0.25) is 4.79 Å². The van der Waals surface area contributed by atoms with Crippen molar-refractivity contribution >= 4 is 5.91 Å². The minimum Gasteiger partial charge on any atom is -0.381 e. The predicted octanol–water partition coefficient (Wildman–Crippen LogP) is 6.08. The third-order valence-corrected chi connectivity index (χ3v) is 6.73. The summed E-state index contributed by atoms with van der Waals surface area (Å²) in [5.41, 5.74) is -3.78. The Morgan fingerprint density at radius 1 is 1.00 bits per heavy atom. The van der Waals surface area contributed by atoms with Crippen molar-refractivity contribution in [2.45, 2.75) is 90.3 Å². The van der Waals surface area contributed by atoms with E-state index in [0.29, 0.717) is 57.1 Å². The number of rotatable bonds is 10. The van der Waals surface area contributed by atoms with Crippen molar-refractivity contribution in [3.05, 3.63) is 34.9 Å². The molecule has 1 unspecified atom stereocenters. The van der Waals surface area contributed by atoms with Crippen molar-refractivity contribution in [3.8, 4) is 0 Å². The number of carbonyl (C=O) groups is 1. The minimum absolute atomic E-state index is 0.0839. The summed E-state index contributed by atoms with van der Waals surface area (Å²) in [7, 11) is 0. The number of carbonyl (C=O) groups excluding carboxylic acids is 1. The van der Waals surface area contributed by atoms with Gasteiger partial charge in [-0.2, -0.15) is 26.3 Å². The number of halogens is 6. The molecule has 194 valence electrons. The third-order valence-electron chi connectivity index (χ3n) is 6.73. The van der Waals surface area contributed by atoms with Gasteiger partial charge in [0.1, 0.15) is 0 Å². The molecule has 1 amide bonds. The summed E-state index contributed by atoms with van der Waals surface area (Å²) in [5.74, 6) is -0.360. The first-order valence-electron chi connectivity index (χ1n) is 11.7. The Morgan fingerprint density at radius 3 is 2.00 bits per heavy atom. The van der Waals surface area contributed by atoms with Crippen LogP contribution in [0, 0.1) is 5.41 Å². The lowest BCUT2D eigenvalue weighted by Gasteiger charge is -2.33. The fraction of sp³-hybridized carbons (Fsp3) is 0.708. The monoisotopic (exact) mass is 496 g/mol. The number of hydrogen-bond donors (Lipinski definition) is 2. The Kier molecular flexibility index (Phi) is 9.82. The molecule has 2 rings (SSSR count). The fourth-order valence-electron chi connectivity index (χ4n) is 4.37. The first-order valence-corrected chi connectivity index (χ1v) is 11.7. The van der Waals surface area contributed by atoms with Crippen molar-refractivity contribution in [3.63, 3.8) is 0 Å². The molecule has 4 nitrogen and oxygen atoms in total. The van der Waals surface area contributed by atoms with Crippen LogP contribution in [0.25, 0.3) is 0 Å². The van der Waals surface area contributed by atoms with Crippen LogP contribution in [0.2, 0.25) is 0 Å². The van der Waals surface area contributed by atoms with Gasteiger partial charge in [-0.25, -0.2) is 0 Å². The average Bonchev–Trinajstić information content (AvgIpc) is 2.78. The number of nitrogens with one attached hydrogen (secondary N) is 2. The maximum atomic E-state index is 13.1. The zero-order chi connectivity index (χ0) is 25.6. The molecule has 0 aliphatic carbocycles. The van der Waals surface area contributed by atoms with E-state index in [0.717, 1.165) is 12.8 Å². The van der Waals surface area contributed by atoms with Crippen LogP contribution in [0.1, 0.15) is 76.0 Å². The maximum Gasteiger partial charge on any atom is 0.416 e. The molecule has 0 radical (unpaired) electrons. The summed E-state index contributed by atoms with van der Waals surface area (Å²) in [6, 6.07) is 1.90. The lowest BCUT2D eigenvalue weighted by Crippen LogP contribution is -2.43. The van der Waals surface area contributed by atoms with Crippen LogP contribution in [0.3, 0.4) is 0 Å². The lowest BCUT2D eigenvalue weighted by atomic mass is 9.76. The summed E-state index contributed by atoms with van der Waals surface area (Å²) in [6.07, 6.45) is -5.71. The molecule has 2 N–H and O–H groups in total. The van der Waals surface area contributed by atoms with Crippen LogP contribution >= 0.6 is 0 Å². The second-order valence-electron chi connectivity index (χ2n) is 9.08. The van der Waals surface area contributed by atoms with E-state index < -0.39 is 35.4 Å². The molecule has 1 fully saturated rings. The molecule has 1 heterocycles. The zero-order valence-corrected chi connectivity index (χ0v) is 19.8. The molecule has 1 aliphatic rings. The van der Waals surface area contributed by atoms with E-state index in [1.165, 1.54) is 0 Å². The van der Waals surface area contributed by atoms with Crippen LogP contribution in [-0.4, -0.2) is 31.2 Å². The Morgan fingerprint density at radius 2 is 1.53 bits per heavy atom. The third kappa shape index (κ3) is 7.86. The van der Waals surface area contributed by atoms with E-state index in [1.54, 1.807) is 0 Å². The molecule has 1 saturated heterocycles. The van der Waals surface area contributed by atoms with E-state index in [4.69, 9.17) is 4.74 Å². The normalized spacial score (nSPS) is 17.0. The summed E-state index contributed by atoms with van der Waals surface area (Å²) in [6.45, 7) is 6.80. The van der Waals surface area contributed by atoms with Gasteiger partial charge in [-0.15, -0.1) is 0 Å². The van der Waals surface area contributed by atoms with Gasteiger partial charge in [-0.1, -0.05) is 13.8 Å². The van der Waals surface area contributed by atoms with Crippen LogP contribution in [0.15, 0.2) is 18.2 Å². The molecule has 0 spiro atoms. The maximum absolute atomic E-state index is 13.1. The number of amides is 1. The molecule has 0 saturated carbocycles. The number of ether oxygens (including phenoxy) is 1. The minimum atomic E-state index is -4.93. The SMILES string of the molecule is CCC(CC)(CCC(C)NC1CCOCC1)C(=O)NCc1cc(C(F)(F)F)cc(C(F)(F)F)c1. The quantitative estimate of drug-likeness (QED) is 0.386. The van der Waals surface area contributed by atoms with Crippen LogP contribution in [-0.2, 0) is 28.4 Å². The highest BCUT2D eigenvalue weighted by Gasteiger charge is 2.38. The molecular formula is C24H34F6N2O2.